The first-order valence-electron chi connectivity index (χ1n) is 6.34. The molecule has 1 rings (SSSR count). The molecule has 0 aliphatic carbocycles. The second-order valence-corrected chi connectivity index (χ2v) is 4.73. The van der Waals surface area contributed by atoms with Gasteiger partial charge in [-0.05, 0) is 24.1 Å². The molecule has 0 heterocycles. The first-order chi connectivity index (χ1) is 9.85. The van der Waals surface area contributed by atoms with Crippen LogP contribution in [0.25, 0.3) is 0 Å². The number of amides is 2. The molecular weight excluding hydrogens is 276 g/mol. The second kappa shape index (κ2) is 7.28. The Morgan fingerprint density at radius 1 is 1.24 bits per heavy atom. The largest absolute Gasteiger partial charge is 0.478 e. The van der Waals surface area contributed by atoms with Crippen LogP contribution in [0.2, 0.25) is 0 Å². The van der Waals surface area contributed by atoms with Gasteiger partial charge in [-0.2, -0.15) is 0 Å². The van der Waals surface area contributed by atoms with Crippen LogP contribution in [0.1, 0.15) is 24.2 Å². The highest BCUT2D eigenvalue weighted by atomic mass is 16.5. The fourth-order valence-electron chi connectivity index (χ4n) is 1.66. The van der Waals surface area contributed by atoms with Gasteiger partial charge in [0.15, 0.2) is 0 Å². The summed E-state index contributed by atoms with van der Waals surface area (Å²) < 4.78 is 4.62. The molecule has 7 nitrogen and oxygen atoms in total. The van der Waals surface area contributed by atoms with E-state index in [1.54, 1.807) is 19.9 Å². The molecule has 0 saturated heterocycles. The Hall–Kier alpha value is -2.57. The Morgan fingerprint density at radius 2 is 1.90 bits per heavy atom. The van der Waals surface area contributed by atoms with E-state index in [9.17, 15) is 14.4 Å². The van der Waals surface area contributed by atoms with E-state index >= 15 is 0 Å². The molecule has 1 aromatic carbocycles. The lowest BCUT2D eigenvalue weighted by Crippen LogP contribution is -2.46. The minimum atomic E-state index is -1.09. The van der Waals surface area contributed by atoms with E-state index < -0.39 is 24.0 Å². The first kappa shape index (κ1) is 16.5. The molecule has 0 aliphatic rings. The SMILES string of the molecule is COC(=O)C(NC(=O)Nc1cccc(C(=O)O)c1)C(C)C. The van der Waals surface area contributed by atoms with E-state index in [1.165, 1.54) is 25.3 Å². The van der Waals surface area contributed by atoms with Gasteiger partial charge in [-0.1, -0.05) is 19.9 Å². The van der Waals surface area contributed by atoms with Crippen LogP contribution in [-0.4, -0.2) is 36.2 Å². The number of benzene rings is 1. The molecular formula is C14H18N2O5. The Labute approximate surface area is 122 Å². The molecule has 7 heteroatoms. The van der Waals surface area contributed by atoms with Crippen LogP contribution in [0.3, 0.4) is 0 Å². The summed E-state index contributed by atoms with van der Waals surface area (Å²) in [5.41, 5.74) is 0.376. The maximum Gasteiger partial charge on any atom is 0.335 e. The number of nitrogens with one attached hydrogen (secondary N) is 2. The van der Waals surface area contributed by atoms with Crippen LogP contribution >= 0.6 is 0 Å². The number of carbonyl (C=O) groups excluding carboxylic acids is 2. The zero-order valence-corrected chi connectivity index (χ0v) is 12.0. The number of anilines is 1. The van der Waals surface area contributed by atoms with Crippen LogP contribution in [0, 0.1) is 5.92 Å². The average Bonchev–Trinajstić information content (AvgIpc) is 2.43. The molecule has 0 bridgehead atoms. The highest BCUT2D eigenvalue weighted by molar-refractivity contribution is 5.94. The van der Waals surface area contributed by atoms with Crippen molar-refractivity contribution < 1.29 is 24.2 Å². The number of aromatic carboxylic acids is 1. The molecule has 0 aromatic heterocycles. The van der Waals surface area contributed by atoms with Crippen LogP contribution in [-0.2, 0) is 9.53 Å². The van der Waals surface area contributed by atoms with Gasteiger partial charge in [-0.15, -0.1) is 0 Å². The van der Waals surface area contributed by atoms with E-state index in [-0.39, 0.29) is 11.5 Å². The molecule has 0 radical (unpaired) electrons. The van der Waals surface area contributed by atoms with Crippen LogP contribution < -0.4 is 10.6 Å². The molecule has 1 atom stereocenters. The molecule has 1 aromatic rings. The summed E-state index contributed by atoms with van der Waals surface area (Å²) in [6.45, 7) is 3.54. The van der Waals surface area contributed by atoms with Gasteiger partial charge < -0.3 is 20.5 Å². The number of ether oxygens (including phenoxy) is 1. The van der Waals surface area contributed by atoms with E-state index in [0.717, 1.165) is 0 Å². The number of urea groups is 1. The Bertz CT molecular complexity index is 542. The summed E-state index contributed by atoms with van der Waals surface area (Å²) in [5, 5.41) is 13.8. The van der Waals surface area contributed by atoms with Crippen molar-refractivity contribution in [2.75, 3.05) is 12.4 Å². The third kappa shape index (κ3) is 4.79. The highest BCUT2D eigenvalue weighted by Crippen LogP contribution is 2.11. The number of hydrogen-bond donors (Lipinski definition) is 3. The molecule has 0 aliphatic heterocycles. The molecule has 0 spiro atoms. The van der Waals surface area contributed by atoms with Gasteiger partial charge in [0, 0.05) is 5.69 Å². The Kier molecular flexibility index (Phi) is 5.71. The summed E-state index contributed by atoms with van der Waals surface area (Å²) in [7, 11) is 1.24. The van der Waals surface area contributed by atoms with Crippen molar-refractivity contribution >= 4 is 23.7 Å². The van der Waals surface area contributed by atoms with Gasteiger partial charge in [0.1, 0.15) is 6.04 Å². The summed E-state index contributed by atoms with van der Waals surface area (Å²) in [4.78, 5) is 34.2. The number of methoxy groups -OCH3 is 1. The first-order valence-corrected chi connectivity index (χ1v) is 6.34. The lowest BCUT2D eigenvalue weighted by atomic mass is 10.1. The maximum absolute atomic E-state index is 11.9. The third-order valence-electron chi connectivity index (χ3n) is 2.78. The number of carboxylic acid groups (broad SMARTS) is 1. The maximum atomic E-state index is 11.9. The van der Waals surface area contributed by atoms with Crippen molar-refractivity contribution in [2.24, 2.45) is 5.92 Å². The van der Waals surface area contributed by atoms with Gasteiger partial charge in [-0.3, -0.25) is 0 Å². The van der Waals surface area contributed by atoms with E-state index in [2.05, 4.69) is 15.4 Å². The smallest absolute Gasteiger partial charge is 0.335 e. The lowest BCUT2D eigenvalue weighted by molar-refractivity contribution is -0.143. The van der Waals surface area contributed by atoms with Gasteiger partial charge in [0.05, 0.1) is 12.7 Å². The van der Waals surface area contributed by atoms with E-state index in [0.29, 0.717) is 5.69 Å². The molecule has 0 fully saturated rings. The van der Waals surface area contributed by atoms with Crippen LogP contribution in [0.4, 0.5) is 10.5 Å². The number of hydrogen-bond acceptors (Lipinski definition) is 4. The molecule has 114 valence electrons. The predicted octanol–water partition coefficient (Wildman–Crippen LogP) is 1.70. The summed E-state index contributed by atoms with van der Waals surface area (Å²) in [6, 6.07) is 4.41. The van der Waals surface area contributed by atoms with Gasteiger partial charge in [0.2, 0.25) is 0 Å². The standard InChI is InChI=1S/C14H18N2O5/c1-8(2)11(13(19)21-3)16-14(20)15-10-6-4-5-9(7-10)12(17)18/h4-8,11H,1-3H3,(H,17,18)(H2,15,16,20). The Balaban J connectivity index is 2.74. The van der Waals surface area contributed by atoms with Crippen LogP contribution in [0.5, 0.6) is 0 Å². The molecule has 1 unspecified atom stereocenters. The predicted molar refractivity (Wildman–Crippen MR) is 76.2 cm³/mol. The van der Waals surface area contributed by atoms with Crippen molar-refractivity contribution in [3.63, 3.8) is 0 Å². The number of carbonyl (C=O) groups is 3. The molecule has 2 amide bonds. The van der Waals surface area contributed by atoms with Crippen molar-refractivity contribution in [1.29, 1.82) is 0 Å². The lowest BCUT2D eigenvalue weighted by Gasteiger charge is -2.20. The number of rotatable bonds is 5. The zero-order chi connectivity index (χ0) is 16.0. The second-order valence-electron chi connectivity index (χ2n) is 4.73. The van der Waals surface area contributed by atoms with Crippen molar-refractivity contribution in [3.05, 3.63) is 29.8 Å². The van der Waals surface area contributed by atoms with Crippen LogP contribution in [0.15, 0.2) is 24.3 Å². The molecule has 3 N–H and O–H groups in total. The quantitative estimate of drug-likeness (QED) is 0.717. The number of esters is 1. The van der Waals surface area contributed by atoms with Crippen molar-refractivity contribution in [2.45, 2.75) is 19.9 Å². The number of carboxylic acids is 1. The van der Waals surface area contributed by atoms with E-state index in [1.807, 2.05) is 0 Å². The monoisotopic (exact) mass is 294 g/mol. The fourth-order valence-corrected chi connectivity index (χ4v) is 1.66. The summed E-state index contributed by atoms with van der Waals surface area (Å²) in [5.74, 6) is -1.78. The highest BCUT2D eigenvalue weighted by Gasteiger charge is 2.24. The summed E-state index contributed by atoms with van der Waals surface area (Å²) >= 11 is 0. The average molecular weight is 294 g/mol. The van der Waals surface area contributed by atoms with Gasteiger partial charge >= 0.3 is 18.0 Å². The van der Waals surface area contributed by atoms with E-state index in [4.69, 9.17) is 5.11 Å². The zero-order valence-electron chi connectivity index (χ0n) is 12.0. The third-order valence-corrected chi connectivity index (χ3v) is 2.78. The van der Waals surface area contributed by atoms with Gasteiger partial charge in [-0.25, -0.2) is 14.4 Å². The Morgan fingerprint density at radius 3 is 2.43 bits per heavy atom. The molecule has 21 heavy (non-hydrogen) atoms. The normalized spacial score (nSPS) is 11.6. The fraction of sp³-hybridized carbons (Fsp3) is 0.357. The van der Waals surface area contributed by atoms with Crippen molar-refractivity contribution in [3.8, 4) is 0 Å². The topological polar surface area (TPSA) is 105 Å². The van der Waals surface area contributed by atoms with Gasteiger partial charge in [0.25, 0.3) is 0 Å². The minimum absolute atomic E-state index is 0.0566. The molecule has 0 saturated carbocycles. The minimum Gasteiger partial charge on any atom is -0.478 e. The van der Waals surface area contributed by atoms with Crippen molar-refractivity contribution in [1.82, 2.24) is 5.32 Å². The summed E-state index contributed by atoms with van der Waals surface area (Å²) in [6.07, 6.45) is 0.